The minimum atomic E-state index is -0.602. The molecule has 2 aromatic rings. The summed E-state index contributed by atoms with van der Waals surface area (Å²) in [6, 6.07) is 2.73. The maximum atomic E-state index is 10.6. The van der Waals surface area contributed by atoms with E-state index in [0.29, 0.717) is 12.4 Å². The van der Waals surface area contributed by atoms with E-state index in [-0.39, 0.29) is 17.5 Å². The maximum Gasteiger partial charge on any atom is 0.433 e. The molecule has 0 aliphatic carbocycles. The molecule has 1 aliphatic rings. The van der Waals surface area contributed by atoms with Gasteiger partial charge in [0.2, 0.25) is 11.7 Å². The molecule has 9 nitrogen and oxygen atoms in total. The Balaban J connectivity index is 1.66. The van der Waals surface area contributed by atoms with Gasteiger partial charge in [-0.15, -0.1) is 0 Å². The van der Waals surface area contributed by atoms with E-state index in [1.807, 2.05) is 0 Å². The predicted octanol–water partition coefficient (Wildman–Crippen LogP) is 0.985. The van der Waals surface area contributed by atoms with Crippen LogP contribution in [0.15, 0.2) is 21.1 Å². The molecule has 9 heteroatoms. The van der Waals surface area contributed by atoms with Crippen LogP contribution in [0.3, 0.4) is 0 Å². The van der Waals surface area contributed by atoms with Crippen molar-refractivity contribution < 1.29 is 13.9 Å². The fourth-order valence-electron chi connectivity index (χ4n) is 2.16. The third kappa shape index (κ3) is 3.09. The van der Waals surface area contributed by atoms with Crippen LogP contribution in [-0.2, 0) is 6.54 Å². The third-order valence-corrected chi connectivity index (χ3v) is 3.41. The molecule has 2 aromatic heterocycles. The number of furan rings is 1. The summed E-state index contributed by atoms with van der Waals surface area (Å²) >= 11 is 0. The summed E-state index contributed by atoms with van der Waals surface area (Å²) in [7, 11) is 2.09. The van der Waals surface area contributed by atoms with Gasteiger partial charge in [-0.3, -0.25) is 15.0 Å². The highest BCUT2D eigenvalue weighted by atomic mass is 16.6. The van der Waals surface area contributed by atoms with Crippen LogP contribution in [0, 0.1) is 10.1 Å². The van der Waals surface area contributed by atoms with Crippen LogP contribution in [0.4, 0.5) is 5.88 Å². The zero-order valence-corrected chi connectivity index (χ0v) is 11.6. The van der Waals surface area contributed by atoms with Crippen LogP contribution < -0.4 is 0 Å². The Morgan fingerprint density at radius 2 is 2.10 bits per heavy atom. The lowest BCUT2D eigenvalue weighted by molar-refractivity contribution is -0.401. The number of nitrogens with zero attached hydrogens (tertiary/aromatic N) is 5. The van der Waals surface area contributed by atoms with Crippen molar-refractivity contribution in [1.29, 1.82) is 0 Å². The maximum absolute atomic E-state index is 10.6. The number of likely N-dealkylation sites (N-methyl/N-ethyl adjacent to an activating group) is 1. The fourth-order valence-corrected chi connectivity index (χ4v) is 2.16. The molecule has 0 spiro atoms. The quantitative estimate of drug-likeness (QED) is 0.607. The molecule has 0 bridgehead atoms. The molecule has 0 atom stereocenters. The fraction of sp³-hybridized carbons (Fsp3) is 0.500. The summed E-state index contributed by atoms with van der Waals surface area (Å²) in [5.41, 5.74) is 0. The van der Waals surface area contributed by atoms with Crippen molar-refractivity contribution in [3.63, 3.8) is 0 Å². The standard InChI is InChI=1S/C12H15N5O4/c1-15-4-6-16(7-5-15)8-10-13-12(14-21-10)9-2-3-11(20-9)17(18)19/h2-3H,4-8H2,1H3. The van der Waals surface area contributed by atoms with Gasteiger partial charge >= 0.3 is 5.88 Å². The van der Waals surface area contributed by atoms with Crippen LogP contribution in [0.1, 0.15) is 5.89 Å². The van der Waals surface area contributed by atoms with Crippen molar-refractivity contribution in [3.8, 4) is 11.6 Å². The molecule has 3 rings (SSSR count). The zero-order valence-electron chi connectivity index (χ0n) is 11.6. The van der Waals surface area contributed by atoms with Crippen molar-refractivity contribution in [2.24, 2.45) is 0 Å². The lowest BCUT2D eigenvalue weighted by Gasteiger charge is -2.31. The highest BCUT2D eigenvalue weighted by Gasteiger charge is 2.20. The minimum Gasteiger partial charge on any atom is -0.397 e. The first kappa shape index (κ1) is 13.7. The minimum absolute atomic E-state index is 0.229. The van der Waals surface area contributed by atoms with Crippen LogP contribution in [-0.4, -0.2) is 58.1 Å². The molecule has 0 saturated carbocycles. The summed E-state index contributed by atoms with van der Waals surface area (Å²) in [6.07, 6.45) is 0. The van der Waals surface area contributed by atoms with Crippen LogP contribution in [0.2, 0.25) is 0 Å². The SMILES string of the molecule is CN1CCN(Cc2nc(-c3ccc([N+](=O)[O-])o3)no2)CC1. The number of nitro groups is 1. The lowest BCUT2D eigenvalue weighted by atomic mass is 10.3. The Morgan fingerprint density at radius 3 is 2.76 bits per heavy atom. The smallest absolute Gasteiger partial charge is 0.397 e. The van der Waals surface area contributed by atoms with Crippen molar-refractivity contribution in [2.45, 2.75) is 6.54 Å². The van der Waals surface area contributed by atoms with Crippen molar-refractivity contribution >= 4 is 5.88 Å². The van der Waals surface area contributed by atoms with E-state index >= 15 is 0 Å². The molecular weight excluding hydrogens is 278 g/mol. The van der Waals surface area contributed by atoms with E-state index in [9.17, 15) is 10.1 Å². The summed E-state index contributed by atoms with van der Waals surface area (Å²) < 4.78 is 10.2. The molecule has 1 aliphatic heterocycles. The van der Waals surface area contributed by atoms with Crippen LogP contribution in [0.5, 0.6) is 0 Å². The Bertz CT molecular complexity index is 629. The Kier molecular flexibility index (Phi) is 3.67. The van der Waals surface area contributed by atoms with E-state index in [1.54, 1.807) is 0 Å². The molecule has 0 amide bonds. The number of aromatic nitrogens is 2. The van der Waals surface area contributed by atoms with Gasteiger partial charge in [0.1, 0.15) is 4.92 Å². The number of rotatable bonds is 4. The van der Waals surface area contributed by atoms with Gasteiger partial charge in [-0.25, -0.2) is 0 Å². The van der Waals surface area contributed by atoms with Gasteiger partial charge in [0.15, 0.2) is 5.76 Å². The number of piperazine rings is 1. The van der Waals surface area contributed by atoms with E-state index in [0.717, 1.165) is 26.2 Å². The molecule has 0 aromatic carbocycles. The first-order valence-corrected chi connectivity index (χ1v) is 6.60. The zero-order chi connectivity index (χ0) is 14.8. The second kappa shape index (κ2) is 5.62. The predicted molar refractivity (Wildman–Crippen MR) is 71.4 cm³/mol. The van der Waals surface area contributed by atoms with Gasteiger partial charge in [-0.1, -0.05) is 5.16 Å². The molecular formula is C12H15N5O4. The average molecular weight is 293 g/mol. The van der Waals surface area contributed by atoms with Gasteiger partial charge in [0.05, 0.1) is 12.6 Å². The molecule has 0 N–H and O–H groups in total. The average Bonchev–Trinajstić information content (AvgIpc) is 3.10. The molecule has 112 valence electrons. The largest absolute Gasteiger partial charge is 0.433 e. The summed E-state index contributed by atoms with van der Waals surface area (Å²) in [5.74, 6) is 0.603. The van der Waals surface area contributed by atoms with Gasteiger partial charge < -0.3 is 13.8 Å². The first-order valence-electron chi connectivity index (χ1n) is 6.60. The Labute approximate surface area is 120 Å². The van der Waals surface area contributed by atoms with E-state index < -0.39 is 4.92 Å². The second-order valence-corrected chi connectivity index (χ2v) is 4.99. The lowest BCUT2D eigenvalue weighted by Crippen LogP contribution is -2.43. The van der Waals surface area contributed by atoms with E-state index in [2.05, 4.69) is 27.0 Å². The van der Waals surface area contributed by atoms with Crippen LogP contribution >= 0.6 is 0 Å². The number of hydrogen-bond donors (Lipinski definition) is 0. The van der Waals surface area contributed by atoms with Gasteiger partial charge in [0.25, 0.3) is 0 Å². The molecule has 3 heterocycles. The second-order valence-electron chi connectivity index (χ2n) is 4.99. The van der Waals surface area contributed by atoms with Gasteiger partial charge in [-0.05, 0) is 13.1 Å². The first-order chi connectivity index (χ1) is 10.1. The van der Waals surface area contributed by atoms with E-state index in [4.69, 9.17) is 8.94 Å². The van der Waals surface area contributed by atoms with Crippen molar-refractivity contribution in [3.05, 3.63) is 28.1 Å². The molecule has 0 unspecified atom stereocenters. The number of hydrogen-bond acceptors (Lipinski definition) is 8. The summed E-state index contributed by atoms with van der Waals surface area (Å²) in [5, 5.41) is 14.4. The molecule has 1 saturated heterocycles. The van der Waals surface area contributed by atoms with E-state index in [1.165, 1.54) is 12.1 Å². The topological polar surface area (TPSA) is 102 Å². The van der Waals surface area contributed by atoms with Crippen molar-refractivity contribution in [1.82, 2.24) is 19.9 Å². The summed E-state index contributed by atoms with van der Waals surface area (Å²) in [4.78, 5) is 18.7. The highest BCUT2D eigenvalue weighted by Crippen LogP contribution is 2.23. The third-order valence-electron chi connectivity index (χ3n) is 3.41. The Hall–Kier alpha value is -2.26. The summed E-state index contributed by atoms with van der Waals surface area (Å²) in [6.45, 7) is 4.47. The monoisotopic (exact) mass is 293 g/mol. The van der Waals surface area contributed by atoms with Crippen LogP contribution in [0.25, 0.3) is 11.6 Å². The van der Waals surface area contributed by atoms with Gasteiger partial charge in [0, 0.05) is 26.2 Å². The molecule has 21 heavy (non-hydrogen) atoms. The molecule has 1 fully saturated rings. The Morgan fingerprint density at radius 1 is 1.33 bits per heavy atom. The van der Waals surface area contributed by atoms with Crippen molar-refractivity contribution in [2.75, 3.05) is 33.2 Å². The van der Waals surface area contributed by atoms with Gasteiger partial charge in [-0.2, -0.15) is 4.98 Å². The highest BCUT2D eigenvalue weighted by molar-refractivity contribution is 5.47. The molecule has 0 radical (unpaired) electrons. The normalized spacial score (nSPS) is 17.2.